The highest BCUT2D eigenvalue weighted by Crippen LogP contribution is 2.23. The number of nitrogens with one attached hydrogen (secondary N) is 1. The van der Waals surface area contributed by atoms with Crippen LogP contribution in [-0.4, -0.2) is 49.8 Å². The number of nitrogens with zero attached hydrogens (tertiary/aromatic N) is 2. The van der Waals surface area contributed by atoms with E-state index in [0.717, 1.165) is 0 Å². The van der Waals surface area contributed by atoms with Crippen molar-refractivity contribution >= 4 is 23.6 Å². The second-order valence-corrected chi connectivity index (χ2v) is 5.27. The van der Waals surface area contributed by atoms with Gasteiger partial charge >= 0.3 is 5.97 Å². The van der Waals surface area contributed by atoms with Crippen LogP contribution in [0.15, 0.2) is 4.79 Å². The Morgan fingerprint density at radius 2 is 2.16 bits per heavy atom. The Balaban J connectivity index is 2.43. The smallest absolute Gasteiger partial charge is 0.327 e. The second-order valence-electron chi connectivity index (χ2n) is 4.27. The van der Waals surface area contributed by atoms with E-state index >= 15 is 0 Å². The predicted molar refractivity (Wildman–Crippen MR) is 69.3 cm³/mol. The Labute approximate surface area is 113 Å². The SMILES string of the molecule is Cc1n[nH]c(=O)c(C(=O)N2CSCC2C(=O)O)c1C. The number of amides is 1. The number of aryl methyl sites for hydroxylation is 1. The van der Waals surface area contributed by atoms with Crippen LogP contribution in [0.4, 0.5) is 0 Å². The quantitative estimate of drug-likeness (QED) is 0.791. The van der Waals surface area contributed by atoms with Crippen LogP contribution >= 0.6 is 11.8 Å². The Hall–Kier alpha value is -1.83. The Morgan fingerprint density at radius 1 is 1.47 bits per heavy atom. The maximum atomic E-state index is 12.4. The number of hydrogen-bond donors (Lipinski definition) is 2. The van der Waals surface area contributed by atoms with Crippen molar-refractivity contribution in [1.29, 1.82) is 0 Å². The van der Waals surface area contributed by atoms with E-state index in [1.165, 1.54) is 16.7 Å². The first-order valence-corrected chi connectivity index (χ1v) is 6.76. The average Bonchev–Trinajstić information content (AvgIpc) is 2.83. The Bertz CT molecular complexity index is 598. The van der Waals surface area contributed by atoms with Gasteiger partial charge in [-0.15, -0.1) is 11.8 Å². The summed E-state index contributed by atoms with van der Waals surface area (Å²) in [6.07, 6.45) is 0. The third-order valence-electron chi connectivity index (χ3n) is 3.11. The number of thioether (sulfide) groups is 1. The topological polar surface area (TPSA) is 103 Å². The molecule has 1 amide bonds. The molecule has 1 aliphatic heterocycles. The molecule has 0 bridgehead atoms. The van der Waals surface area contributed by atoms with Gasteiger partial charge in [0, 0.05) is 5.75 Å². The molecule has 2 heterocycles. The number of rotatable bonds is 2. The molecule has 1 aromatic rings. The molecule has 102 valence electrons. The predicted octanol–water partition coefficient (Wildman–Crippen LogP) is -0.0136. The van der Waals surface area contributed by atoms with Crippen LogP contribution in [0.3, 0.4) is 0 Å². The van der Waals surface area contributed by atoms with Crippen LogP contribution in [0.1, 0.15) is 21.6 Å². The highest BCUT2D eigenvalue weighted by Gasteiger charge is 2.36. The summed E-state index contributed by atoms with van der Waals surface area (Å²) in [4.78, 5) is 36.4. The normalized spacial score (nSPS) is 18.6. The van der Waals surface area contributed by atoms with E-state index in [4.69, 9.17) is 5.11 Å². The molecule has 2 N–H and O–H groups in total. The van der Waals surface area contributed by atoms with Gasteiger partial charge < -0.3 is 10.0 Å². The van der Waals surface area contributed by atoms with Crippen molar-refractivity contribution in [3.63, 3.8) is 0 Å². The minimum atomic E-state index is -1.06. The van der Waals surface area contributed by atoms with Gasteiger partial charge in [0.1, 0.15) is 11.6 Å². The molecule has 19 heavy (non-hydrogen) atoms. The fourth-order valence-corrected chi connectivity index (χ4v) is 3.02. The largest absolute Gasteiger partial charge is 0.480 e. The van der Waals surface area contributed by atoms with Crippen molar-refractivity contribution in [1.82, 2.24) is 15.1 Å². The summed E-state index contributed by atoms with van der Waals surface area (Å²) in [5.74, 6) is -1.00. The van der Waals surface area contributed by atoms with Gasteiger partial charge in [0.25, 0.3) is 11.5 Å². The Kier molecular flexibility index (Phi) is 3.61. The zero-order valence-corrected chi connectivity index (χ0v) is 11.3. The summed E-state index contributed by atoms with van der Waals surface area (Å²) in [6, 6.07) is -0.884. The highest BCUT2D eigenvalue weighted by molar-refractivity contribution is 7.99. The third-order valence-corrected chi connectivity index (χ3v) is 4.12. The molecule has 8 heteroatoms. The fraction of sp³-hybridized carbons (Fsp3) is 0.455. The molecule has 1 aromatic heterocycles. The van der Waals surface area contributed by atoms with Gasteiger partial charge in [-0.05, 0) is 19.4 Å². The summed E-state index contributed by atoms with van der Waals surface area (Å²) in [5.41, 5.74) is 0.409. The number of carboxylic acids is 1. The number of aliphatic carboxylic acids is 1. The molecule has 1 fully saturated rings. The minimum absolute atomic E-state index is 0.0266. The van der Waals surface area contributed by atoms with E-state index in [-0.39, 0.29) is 11.4 Å². The highest BCUT2D eigenvalue weighted by atomic mass is 32.2. The van der Waals surface area contributed by atoms with Gasteiger partial charge in [0.2, 0.25) is 0 Å². The molecule has 1 atom stereocenters. The third kappa shape index (κ3) is 2.35. The van der Waals surface area contributed by atoms with Gasteiger partial charge in [-0.1, -0.05) is 0 Å². The summed E-state index contributed by atoms with van der Waals surface area (Å²) >= 11 is 1.35. The van der Waals surface area contributed by atoms with Crippen LogP contribution in [-0.2, 0) is 4.79 Å². The van der Waals surface area contributed by atoms with E-state index in [1.807, 2.05) is 0 Å². The van der Waals surface area contributed by atoms with Crippen molar-refractivity contribution in [3.05, 3.63) is 27.2 Å². The standard InChI is InChI=1S/C11H13N3O4S/c1-5-6(2)12-13-9(15)8(5)10(16)14-4-19-3-7(14)11(17)18/h7H,3-4H2,1-2H3,(H,13,15)(H,17,18). The lowest BCUT2D eigenvalue weighted by Crippen LogP contribution is -2.44. The molecular formula is C11H13N3O4S. The first-order chi connectivity index (χ1) is 8.93. The summed E-state index contributed by atoms with van der Waals surface area (Å²) < 4.78 is 0. The Morgan fingerprint density at radius 3 is 2.79 bits per heavy atom. The van der Waals surface area contributed by atoms with Crippen LogP contribution in [0.25, 0.3) is 0 Å². The van der Waals surface area contributed by atoms with Crippen molar-refractivity contribution in [2.75, 3.05) is 11.6 Å². The molecule has 0 radical (unpaired) electrons. The number of carbonyl (C=O) groups is 2. The summed E-state index contributed by atoms with van der Waals surface area (Å²) in [6.45, 7) is 3.30. The van der Waals surface area contributed by atoms with E-state index in [1.54, 1.807) is 13.8 Å². The minimum Gasteiger partial charge on any atom is -0.480 e. The van der Waals surface area contributed by atoms with Gasteiger partial charge in [0.15, 0.2) is 0 Å². The molecule has 1 aliphatic rings. The lowest BCUT2D eigenvalue weighted by atomic mass is 10.1. The van der Waals surface area contributed by atoms with Crippen LogP contribution < -0.4 is 5.56 Å². The molecular weight excluding hydrogens is 270 g/mol. The van der Waals surface area contributed by atoms with Crippen molar-refractivity contribution in [3.8, 4) is 0 Å². The number of carboxylic acid groups (broad SMARTS) is 1. The van der Waals surface area contributed by atoms with Gasteiger partial charge in [-0.25, -0.2) is 9.89 Å². The molecule has 7 nitrogen and oxygen atoms in total. The zero-order chi connectivity index (χ0) is 14.2. The fourth-order valence-electron chi connectivity index (χ4n) is 1.87. The summed E-state index contributed by atoms with van der Waals surface area (Å²) in [5, 5.41) is 15.1. The van der Waals surface area contributed by atoms with Gasteiger partial charge in [0.05, 0.1) is 11.6 Å². The summed E-state index contributed by atoms with van der Waals surface area (Å²) in [7, 11) is 0. The van der Waals surface area contributed by atoms with E-state index in [9.17, 15) is 14.4 Å². The number of aromatic nitrogens is 2. The van der Waals surface area contributed by atoms with E-state index < -0.39 is 23.5 Å². The maximum Gasteiger partial charge on any atom is 0.327 e. The number of hydrogen-bond acceptors (Lipinski definition) is 5. The number of H-pyrrole nitrogens is 1. The van der Waals surface area contributed by atoms with Gasteiger partial charge in [-0.3, -0.25) is 9.59 Å². The number of aromatic amines is 1. The second kappa shape index (κ2) is 5.04. The number of carbonyl (C=O) groups excluding carboxylic acids is 1. The first-order valence-electron chi connectivity index (χ1n) is 5.61. The molecule has 2 rings (SSSR count). The van der Waals surface area contributed by atoms with E-state index in [0.29, 0.717) is 17.0 Å². The lowest BCUT2D eigenvalue weighted by Gasteiger charge is -2.20. The van der Waals surface area contributed by atoms with Crippen molar-refractivity contribution in [2.24, 2.45) is 0 Å². The molecule has 0 spiro atoms. The molecule has 0 aliphatic carbocycles. The van der Waals surface area contributed by atoms with Crippen LogP contribution in [0.5, 0.6) is 0 Å². The van der Waals surface area contributed by atoms with Crippen molar-refractivity contribution in [2.45, 2.75) is 19.9 Å². The maximum absolute atomic E-state index is 12.4. The molecule has 0 aromatic carbocycles. The van der Waals surface area contributed by atoms with Crippen molar-refractivity contribution < 1.29 is 14.7 Å². The first kappa shape index (κ1) is 13.6. The van der Waals surface area contributed by atoms with Gasteiger partial charge in [-0.2, -0.15) is 5.10 Å². The van der Waals surface area contributed by atoms with Crippen LogP contribution in [0.2, 0.25) is 0 Å². The molecule has 1 saturated heterocycles. The molecule has 0 saturated carbocycles. The average molecular weight is 283 g/mol. The monoisotopic (exact) mass is 283 g/mol. The lowest BCUT2D eigenvalue weighted by molar-refractivity contribution is -0.140. The molecule has 1 unspecified atom stereocenters. The van der Waals surface area contributed by atoms with Crippen LogP contribution in [0, 0.1) is 13.8 Å². The zero-order valence-electron chi connectivity index (χ0n) is 10.5. The van der Waals surface area contributed by atoms with E-state index in [2.05, 4.69) is 10.2 Å².